The van der Waals surface area contributed by atoms with E-state index in [1.807, 2.05) is 0 Å². The van der Waals surface area contributed by atoms with E-state index < -0.39 is 7.82 Å². The molecule has 0 aromatic carbocycles. The molecule has 7 heavy (non-hydrogen) atoms. The third kappa shape index (κ3) is 337. The van der Waals surface area contributed by atoms with Crippen LogP contribution in [0.5, 0.6) is 0 Å². The third-order valence-electron chi connectivity index (χ3n) is 0. The number of phosphoric acid groups is 1. The van der Waals surface area contributed by atoms with Gasteiger partial charge in [-0.05, 0) is 0 Å². The van der Waals surface area contributed by atoms with Crippen molar-refractivity contribution >= 4 is 7.82 Å². The SMILES string of the molecule is N.O=P(O)(O)O.[V]. The minimum atomic E-state index is -4.64. The Morgan fingerprint density at radius 2 is 1.14 bits per heavy atom. The van der Waals surface area contributed by atoms with Gasteiger partial charge in [-0.1, -0.05) is 0 Å². The first-order valence-electron chi connectivity index (χ1n) is 0.783. The molecule has 0 fully saturated rings. The molecule has 0 unspecified atom stereocenters. The summed E-state index contributed by atoms with van der Waals surface area (Å²) in [6.07, 6.45) is 0. The van der Waals surface area contributed by atoms with E-state index in [0.717, 1.165) is 0 Å². The van der Waals surface area contributed by atoms with Crippen LogP contribution in [-0.4, -0.2) is 14.7 Å². The molecule has 0 aliphatic carbocycles. The monoisotopic (exact) mass is 166 g/mol. The maximum absolute atomic E-state index is 8.88. The van der Waals surface area contributed by atoms with E-state index in [9.17, 15) is 0 Å². The Hall–Kier alpha value is 0.654. The van der Waals surface area contributed by atoms with Crippen molar-refractivity contribution in [1.82, 2.24) is 6.15 Å². The summed E-state index contributed by atoms with van der Waals surface area (Å²) in [7, 11) is -4.64. The molecule has 1 radical (unpaired) electrons. The standard InChI is InChI=1S/H3N.H3O4P.V/c;1-5(2,3)4;/h1H3;(H3,1,2,3,4);. The molecule has 0 aliphatic heterocycles. The Morgan fingerprint density at radius 3 is 1.14 bits per heavy atom. The van der Waals surface area contributed by atoms with Gasteiger partial charge in [-0.25, -0.2) is 4.57 Å². The molecule has 0 saturated carbocycles. The Bertz CT molecular complexity index is 57.8. The first-order chi connectivity index (χ1) is 2.00. The molecule has 0 bridgehead atoms. The van der Waals surface area contributed by atoms with Crippen molar-refractivity contribution in [3.8, 4) is 0 Å². The molecule has 6 N–H and O–H groups in total. The van der Waals surface area contributed by atoms with Gasteiger partial charge >= 0.3 is 7.82 Å². The molecule has 0 saturated heterocycles. The Morgan fingerprint density at radius 1 is 1.14 bits per heavy atom. The average Bonchev–Trinajstić information content (AvgIpc) is 0.722. The second kappa shape index (κ2) is 4.80. The van der Waals surface area contributed by atoms with Crippen molar-refractivity contribution in [2.45, 2.75) is 0 Å². The van der Waals surface area contributed by atoms with Gasteiger partial charge in [-0.3, -0.25) is 0 Å². The smallest absolute Gasteiger partial charge is 0.344 e. The fourth-order valence-electron chi connectivity index (χ4n) is 0. The van der Waals surface area contributed by atoms with Crippen LogP contribution in [0.4, 0.5) is 0 Å². The van der Waals surface area contributed by atoms with E-state index in [-0.39, 0.29) is 24.7 Å². The minimum Gasteiger partial charge on any atom is -0.344 e. The fourth-order valence-corrected chi connectivity index (χ4v) is 0. The average molecular weight is 166 g/mol. The summed E-state index contributed by atoms with van der Waals surface area (Å²) in [6, 6.07) is 0. The Kier molecular flexibility index (Phi) is 10.7. The molecule has 5 nitrogen and oxygen atoms in total. The van der Waals surface area contributed by atoms with E-state index >= 15 is 0 Å². The molecular formula is H6NO4PV. The molecule has 0 rings (SSSR count). The largest absolute Gasteiger partial charge is 0.466 e. The predicted molar refractivity (Wildman–Crippen MR) is 19.3 cm³/mol. The second-order valence-corrected chi connectivity index (χ2v) is 1.54. The molecule has 0 aromatic rings. The molecule has 0 aromatic heterocycles. The predicted octanol–water partition coefficient (Wildman–Crippen LogP) is -0.769. The summed E-state index contributed by atoms with van der Waals surface area (Å²) in [5.74, 6) is 0. The number of rotatable bonds is 0. The van der Waals surface area contributed by atoms with Crippen LogP contribution in [0.1, 0.15) is 0 Å². The van der Waals surface area contributed by atoms with E-state index in [0.29, 0.717) is 0 Å². The van der Waals surface area contributed by atoms with Crippen LogP contribution in [0, 0.1) is 0 Å². The van der Waals surface area contributed by atoms with Crippen LogP contribution in [0.2, 0.25) is 0 Å². The maximum Gasteiger partial charge on any atom is 0.466 e. The van der Waals surface area contributed by atoms with Gasteiger partial charge < -0.3 is 20.8 Å². The summed E-state index contributed by atoms with van der Waals surface area (Å²) in [6.45, 7) is 0. The van der Waals surface area contributed by atoms with Gasteiger partial charge in [0.1, 0.15) is 0 Å². The first-order valence-corrected chi connectivity index (χ1v) is 2.35. The molecule has 0 atom stereocenters. The summed E-state index contributed by atoms with van der Waals surface area (Å²) >= 11 is 0. The zero-order valence-electron chi connectivity index (χ0n) is 3.35. The minimum absolute atomic E-state index is 0. The van der Waals surface area contributed by atoms with Gasteiger partial charge in [0.15, 0.2) is 0 Å². The van der Waals surface area contributed by atoms with Gasteiger partial charge in [0.25, 0.3) is 0 Å². The normalized spacial score (nSPS) is 8.43. The molecule has 0 amide bonds. The van der Waals surface area contributed by atoms with Crippen LogP contribution in [-0.2, 0) is 23.1 Å². The van der Waals surface area contributed by atoms with Crippen molar-refractivity contribution in [3.63, 3.8) is 0 Å². The van der Waals surface area contributed by atoms with Crippen LogP contribution in [0.25, 0.3) is 0 Å². The Labute approximate surface area is 52.5 Å². The summed E-state index contributed by atoms with van der Waals surface area (Å²) in [5.41, 5.74) is 0. The van der Waals surface area contributed by atoms with Crippen LogP contribution >= 0.6 is 7.82 Å². The molecular weight excluding hydrogens is 160 g/mol. The van der Waals surface area contributed by atoms with Crippen molar-refractivity contribution < 1.29 is 37.8 Å². The topological polar surface area (TPSA) is 113 Å². The van der Waals surface area contributed by atoms with E-state index in [1.54, 1.807) is 0 Å². The van der Waals surface area contributed by atoms with E-state index in [1.165, 1.54) is 0 Å². The zero-order chi connectivity index (χ0) is 4.50. The van der Waals surface area contributed by atoms with Gasteiger partial charge in [-0.15, -0.1) is 0 Å². The quantitative estimate of drug-likeness (QED) is 0.353. The second-order valence-electron chi connectivity index (χ2n) is 0.513. The molecule has 7 heteroatoms. The van der Waals surface area contributed by atoms with Crippen molar-refractivity contribution in [2.75, 3.05) is 0 Å². The van der Waals surface area contributed by atoms with Gasteiger partial charge in [0.2, 0.25) is 0 Å². The van der Waals surface area contributed by atoms with Crippen LogP contribution in [0.3, 0.4) is 0 Å². The van der Waals surface area contributed by atoms with Crippen LogP contribution in [0.15, 0.2) is 0 Å². The molecule has 0 aliphatic rings. The van der Waals surface area contributed by atoms with Crippen LogP contribution < -0.4 is 6.15 Å². The maximum atomic E-state index is 8.88. The molecule has 45 valence electrons. The number of hydrogen-bond acceptors (Lipinski definition) is 2. The fraction of sp³-hybridized carbons (Fsp3) is 0. The van der Waals surface area contributed by atoms with Crippen molar-refractivity contribution in [3.05, 3.63) is 0 Å². The summed E-state index contributed by atoms with van der Waals surface area (Å²) in [5, 5.41) is 0. The first kappa shape index (κ1) is 15.6. The summed E-state index contributed by atoms with van der Waals surface area (Å²) in [4.78, 5) is 21.6. The van der Waals surface area contributed by atoms with E-state index in [2.05, 4.69) is 0 Å². The van der Waals surface area contributed by atoms with E-state index in [4.69, 9.17) is 19.2 Å². The zero-order valence-corrected chi connectivity index (χ0v) is 5.64. The van der Waals surface area contributed by atoms with Gasteiger partial charge in [-0.2, -0.15) is 0 Å². The molecule has 0 heterocycles. The van der Waals surface area contributed by atoms with Gasteiger partial charge in [0.05, 0.1) is 0 Å². The third-order valence-corrected chi connectivity index (χ3v) is 0. The van der Waals surface area contributed by atoms with Crippen molar-refractivity contribution in [1.29, 1.82) is 0 Å². The molecule has 0 spiro atoms. The number of hydrogen-bond donors (Lipinski definition) is 4. The summed E-state index contributed by atoms with van der Waals surface area (Å²) < 4.78 is 8.88. The van der Waals surface area contributed by atoms with Gasteiger partial charge in [0, 0.05) is 18.6 Å². The Balaban J connectivity index is -0.0000000800. The van der Waals surface area contributed by atoms with Crippen molar-refractivity contribution in [2.24, 2.45) is 0 Å².